The van der Waals surface area contributed by atoms with Crippen molar-refractivity contribution in [2.45, 2.75) is 12.8 Å². The first-order valence-corrected chi connectivity index (χ1v) is 6.31. The lowest BCUT2D eigenvalue weighted by atomic mass is 10.1. The predicted octanol–water partition coefficient (Wildman–Crippen LogP) is 2.10. The quantitative estimate of drug-likeness (QED) is 0.740. The Hall–Kier alpha value is -0.910. The van der Waals surface area contributed by atoms with Gasteiger partial charge in [0.05, 0.1) is 0 Å². The molecule has 3 nitrogen and oxygen atoms in total. The molecule has 2 rings (SSSR count). The Morgan fingerprint density at radius 1 is 1.12 bits per heavy atom. The fourth-order valence-corrected chi connectivity index (χ4v) is 2.09. The minimum absolute atomic E-state index is 0.0314. The summed E-state index contributed by atoms with van der Waals surface area (Å²) in [5.41, 5.74) is 0.703. The third-order valence-electron chi connectivity index (χ3n) is 2.70. The second-order valence-electron chi connectivity index (χ2n) is 3.84. The molecule has 1 amide bonds. The molecule has 1 fully saturated rings. The van der Waals surface area contributed by atoms with Crippen LogP contribution in [0, 0.1) is 3.57 Å². The molecule has 0 N–H and O–H groups in total. The van der Waals surface area contributed by atoms with Gasteiger partial charge in [0.2, 0.25) is 0 Å². The molecule has 1 aliphatic heterocycles. The average Bonchev–Trinajstić information content (AvgIpc) is 2.30. The Balaban J connectivity index is 2.07. The first-order valence-electron chi connectivity index (χ1n) is 5.23. The number of carbonyl (C=O) groups excluding carboxylic acids is 2. The summed E-state index contributed by atoms with van der Waals surface area (Å²) in [6.07, 6.45) is 0.992. The topological polar surface area (TPSA) is 37.4 Å². The number of benzene rings is 1. The van der Waals surface area contributed by atoms with Crippen LogP contribution in [-0.2, 0) is 4.79 Å². The van der Waals surface area contributed by atoms with Crippen LogP contribution in [0.3, 0.4) is 0 Å². The van der Waals surface area contributed by atoms with Crippen molar-refractivity contribution in [3.05, 3.63) is 33.4 Å². The molecule has 4 heteroatoms. The first kappa shape index (κ1) is 11.6. The molecule has 0 aromatic heterocycles. The summed E-state index contributed by atoms with van der Waals surface area (Å²) >= 11 is 2.21. The van der Waals surface area contributed by atoms with Gasteiger partial charge in [-0.15, -0.1) is 0 Å². The summed E-state index contributed by atoms with van der Waals surface area (Å²) in [5.74, 6) is 0.288. The average molecular weight is 329 g/mol. The van der Waals surface area contributed by atoms with E-state index < -0.39 is 0 Å². The van der Waals surface area contributed by atoms with Gasteiger partial charge in [0.15, 0.2) is 0 Å². The normalized spacial score (nSPS) is 16.3. The molecular weight excluding hydrogens is 317 g/mol. The molecule has 1 saturated heterocycles. The minimum atomic E-state index is 0.0314. The number of piperidine rings is 1. The van der Waals surface area contributed by atoms with E-state index in [1.165, 1.54) is 0 Å². The third-order valence-corrected chi connectivity index (χ3v) is 3.42. The van der Waals surface area contributed by atoms with Crippen molar-refractivity contribution >= 4 is 34.3 Å². The number of hydrogen-bond donors (Lipinski definition) is 0. The maximum atomic E-state index is 12.0. The van der Waals surface area contributed by atoms with Crippen molar-refractivity contribution < 1.29 is 9.59 Å². The number of carbonyl (C=O) groups is 2. The highest BCUT2D eigenvalue weighted by molar-refractivity contribution is 14.1. The molecule has 16 heavy (non-hydrogen) atoms. The molecule has 1 heterocycles. The number of ketones is 1. The van der Waals surface area contributed by atoms with Crippen LogP contribution in [0.25, 0.3) is 0 Å². The maximum Gasteiger partial charge on any atom is 0.253 e. The van der Waals surface area contributed by atoms with Gasteiger partial charge in [0.25, 0.3) is 5.91 Å². The van der Waals surface area contributed by atoms with Crippen LogP contribution in [0.4, 0.5) is 0 Å². The molecule has 0 atom stereocenters. The van der Waals surface area contributed by atoms with Crippen LogP contribution < -0.4 is 0 Å². The number of nitrogens with zero attached hydrogens (tertiary/aromatic N) is 1. The second-order valence-corrected chi connectivity index (χ2v) is 5.08. The highest BCUT2D eigenvalue weighted by Gasteiger charge is 2.21. The van der Waals surface area contributed by atoms with E-state index in [0.717, 1.165) is 3.57 Å². The fraction of sp³-hybridized carbons (Fsp3) is 0.333. The molecular formula is C12H12INO2. The van der Waals surface area contributed by atoms with Crippen molar-refractivity contribution in [2.24, 2.45) is 0 Å². The minimum Gasteiger partial charge on any atom is -0.338 e. The lowest BCUT2D eigenvalue weighted by Crippen LogP contribution is -2.38. The molecule has 0 saturated carbocycles. The summed E-state index contributed by atoms with van der Waals surface area (Å²) in [5, 5.41) is 0. The van der Waals surface area contributed by atoms with E-state index in [1.54, 1.807) is 4.90 Å². The number of Topliss-reactive ketones (excluding diaryl/α,β-unsaturated/α-hetero) is 1. The van der Waals surface area contributed by atoms with Crippen LogP contribution in [0.2, 0.25) is 0 Å². The van der Waals surface area contributed by atoms with E-state index in [0.29, 0.717) is 31.5 Å². The fourth-order valence-electron chi connectivity index (χ4n) is 1.73. The highest BCUT2D eigenvalue weighted by atomic mass is 127. The Morgan fingerprint density at radius 3 is 2.25 bits per heavy atom. The zero-order valence-electron chi connectivity index (χ0n) is 8.78. The van der Waals surface area contributed by atoms with E-state index in [-0.39, 0.29) is 11.7 Å². The van der Waals surface area contributed by atoms with Crippen LogP contribution in [-0.4, -0.2) is 29.7 Å². The van der Waals surface area contributed by atoms with Crippen molar-refractivity contribution in [3.63, 3.8) is 0 Å². The van der Waals surface area contributed by atoms with E-state index in [1.807, 2.05) is 24.3 Å². The van der Waals surface area contributed by atoms with Crippen molar-refractivity contribution in [1.82, 2.24) is 4.90 Å². The van der Waals surface area contributed by atoms with E-state index in [2.05, 4.69) is 22.6 Å². The van der Waals surface area contributed by atoms with Crippen molar-refractivity contribution in [1.29, 1.82) is 0 Å². The molecule has 84 valence electrons. The lowest BCUT2D eigenvalue weighted by molar-refractivity contribution is -0.120. The molecule has 1 aromatic carbocycles. The number of likely N-dealkylation sites (tertiary alicyclic amines) is 1. The zero-order valence-corrected chi connectivity index (χ0v) is 10.9. The van der Waals surface area contributed by atoms with Gasteiger partial charge in [-0.3, -0.25) is 9.59 Å². The third kappa shape index (κ3) is 2.61. The van der Waals surface area contributed by atoms with E-state index >= 15 is 0 Å². The van der Waals surface area contributed by atoms with Gasteiger partial charge in [-0.1, -0.05) is 0 Å². The van der Waals surface area contributed by atoms with Crippen LogP contribution in [0.1, 0.15) is 23.2 Å². The standard InChI is InChI=1S/C12H12INO2/c13-10-3-1-9(2-4-10)12(16)14-7-5-11(15)6-8-14/h1-4H,5-8H2. The Kier molecular flexibility index (Phi) is 3.58. The Labute approximate surface area is 108 Å². The molecule has 0 bridgehead atoms. The summed E-state index contributed by atoms with van der Waals surface area (Å²) in [6.45, 7) is 1.12. The Morgan fingerprint density at radius 2 is 1.69 bits per heavy atom. The van der Waals surface area contributed by atoms with Gasteiger partial charge in [0, 0.05) is 35.1 Å². The highest BCUT2D eigenvalue weighted by Crippen LogP contribution is 2.13. The van der Waals surface area contributed by atoms with Crippen molar-refractivity contribution in [2.75, 3.05) is 13.1 Å². The largest absolute Gasteiger partial charge is 0.338 e. The zero-order chi connectivity index (χ0) is 11.5. The van der Waals surface area contributed by atoms with Gasteiger partial charge in [-0.25, -0.2) is 0 Å². The number of rotatable bonds is 1. The van der Waals surface area contributed by atoms with E-state index in [4.69, 9.17) is 0 Å². The van der Waals surface area contributed by atoms with Gasteiger partial charge >= 0.3 is 0 Å². The monoisotopic (exact) mass is 329 g/mol. The van der Waals surface area contributed by atoms with Crippen LogP contribution in [0.5, 0.6) is 0 Å². The van der Waals surface area contributed by atoms with Crippen molar-refractivity contribution in [3.8, 4) is 0 Å². The summed E-state index contributed by atoms with van der Waals surface area (Å²) in [6, 6.07) is 7.51. The van der Waals surface area contributed by atoms with Gasteiger partial charge in [0.1, 0.15) is 5.78 Å². The SMILES string of the molecule is O=C1CCN(C(=O)c2ccc(I)cc2)CC1. The molecule has 0 spiro atoms. The summed E-state index contributed by atoms with van der Waals surface area (Å²) in [7, 11) is 0. The van der Waals surface area contributed by atoms with Gasteiger partial charge in [-0.05, 0) is 46.9 Å². The van der Waals surface area contributed by atoms with E-state index in [9.17, 15) is 9.59 Å². The lowest BCUT2D eigenvalue weighted by Gasteiger charge is -2.26. The number of amides is 1. The Bertz CT molecular complexity index is 404. The molecule has 1 aliphatic rings. The first-order chi connectivity index (χ1) is 7.66. The molecule has 1 aromatic rings. The van der Waals surface area contributed by atoms with Crippen LogP contribution >= 0.6 is 22.6 Å². The van der Waals surface area contributed by atoms with Crippen LogP contribution in [0.15, 0.2) is 24.3 Å². The second kappa shape index (κ2) is 4.95. The molecule has 0 aliphatic carbocycles. The molecule has 0 radical (unpaired) electrons. The predicted molar refractivity (Wildman–Crippen MR) is 69.3 cm³/mol. The summed E-state index contributed by atoms with van der Waals surface area (Å²) in [4.78, 5) is 24.9. The summed E-state index contributed by atoms with van der Waals surface area (Å²) < 4.78 is 1.11. The number of hydrogen-bond acceptors (Lipinski definition) is 2. The smallest absolute Gasteiger partial charge is 0.253 e. The molecule has 0 unspecified atom stereocenters. The van der Waals surface area contributed by atoms with Gasteiger partial charge in [-0.2, -0.15) is 0 Å². The maximum absolute atomic E-state index is 12.0. The van der Waals surface area contributed by atoms with Gasteiger partial charge < -0.3 is 4.90 Å². The number of halogens is 1.